The maximum Gasteiger partial charge on any atom is 0.182 e. The van der Waals surface area contributed by atoms with Crippen molar-refractivity contribution >= 4 is 6.21 Å². The normalized spacial score (nSPS) is 21.2. The average molecular weight is 422 g/mol. The summed E-state index contributed by atoms with van der Waals surface area (Å²) in [4.78, 5) is 4.72. The summed E-state index contributed by atoms with van der Waals surface area (Å²) >= 11 is 0. The van der Waals surface area contributed by atoms with Crippen LogP contribution < -0.4 is 0 Å². The Morgan fingerprint density at radius 1 is 0.800 bits per heavy atom. The van der Waals surface area contributed by atoms with Crippen molar-refractivity contribution in [1.29, 1.82) is 0 Å². The van der Waals surface area contributed by atoms with E-state index in [0.717, 1.165) is 24.1 Å². The van der Waals surface area contributed by atoms with Crippen molar-refractivity contribution in [3.8, 4) is 0 Å². The number of aliphatic hydroxyl groups is 1. The van der Waals surface area contributed by atoms with E-state index in [1.54, 1.807) is 0 Å². The van der Waals surface area contributed by atoms with Crippen molar-refractivity contribution in [3.05, 3.63) is 12.2 Å². The second-order valence-electron chi connectivity index (χ2n) is 9.41. The van der Waals surface area contributed by atoms with E-state index in [2.05, 4.69) is 32.2 Å². The molecule has 0 saturated carbocycles. The summed E-state index contributed by atoms with van der Waals surface area (Å²) in [6.07, 6.45) is 30.5. The van der Waals surface area contributed by atoms with Crippen LogP contribution in [0.4, 0.5) is 0 Å². The first-order chi connectivity index (χ1) is 14.8. The van der Waals surface area contributed by atoms with Crippen molar-refractivity contribution in [2.75, 3.05) is 26.2 Å². The summed E-state index contributed by atoms with van der Waals surface area (Å²) in [7, 11) is 0. The van der Waals surface area contributed by atoms with Gasteiger partial charge in [0.2, 0.25) is 0 Å². The summed E-state index contributed by atoms with van der Waals surface area (Å²) in [6, 6.07) is 0. The zero-order valence-electron chi connectivity index (χ0n) is 20.5. The van der Waals surface area contributed by atoms with Crippen molar-refractivity contribution in [2.24, 2.45) is 4.99 Å². The lowest BCUT2D eigenvalue weighted by molar-refractivity contribution is -0.936. The molecule has 0 saturated heterocycles. The predicted molar refractivity (Wildman–Crippen MR) is 133 cm³/mol. The number of allylic oxidation sites excluding steroid dienone is 2. The third kappa shape index (κ3) is 12.2. The molecule has 0 aromatic heterocycles. The molecule has 0 aromatic rings. The van der Waals surface area contributed by atoms with E-state index < -0.39 is 0 Å². The van der Waals surface area contributed by atoms with Gasteiger partial charge in [0.05, 0.1) is 19.4 Å². The zero-order chi connectivity index (χ0) is 21.8. The van der Waals surface area contributed by atoms with Gasteiger partial charge < -0.3 is 5.11 Å². The van der Waals surface area contributed by atoms with Crippen molar-refractivity contribution in [1.82, 2.24) is 0 Å². The molecule has 1 aliphatic heterocycles. The molecule has 0 fully saturated rings. The average Bonchev–Trinajstić information content (AvgIpc) is 3.16. The molecular weight excluding hydrogens is 368 g/mol. The summed E-state index contributed by atoms with van der Waals surface area (Å²) < 4.78 is 0.975. The van der Waals surface area contributed by atoms with Gasteiger partial charge >= 0.3 is 0 Å². The van der Waals surface area contributed by atoms with Crippen LogP contribution in [0.15, 0.2) is 17.1 Å². The van der Waals surface area contributed by atoms with Crippen LogP contribution in [0.25, 0.3) is 0 Å². The van der Waals surface area contributed by atoms with Gasteiger partial charge in [0.15, 0.2) is 6.17 Å². The molecule has 2 atom stereocenters. The zero-order valence-corrected chi connectivity index (χ0v) is 20.5. The number of quaternary nitrogens is 1. The van der Waals surface area contributed by atoms with Crippen molar-refractivity contribution in [2.45, 2.75) is 129 Å². The van der Waals surface area contributed by atoms with Crippen LogP contribution in [0.1, 0.15) is 123 Å². The summed E-state index contributed by atoms with van der Waals surface area (Å²) in [5.74, 6) is 0. The molecule has 2 unspecified atom stereocenters. The fourth-order valence-corrected chi connectivity index (χ4v) is 4.81. The van der Waals surface area contributed by atoms with Crippen LogP contribution in [0.5, 0.6) is 0 Å². The number of aliphatic hydroxyl groups excluding tert-OH is 1. The highest BCUT2D eigenvalue weighted by atomic mass is 16.3. The minimum absolute atomic E-state index is 0.280. The minimum Gasteiger partial charge on any atom is -0.391 e. The van der Waals surface area contributed by atoms with Gasteiger partial charge in [-0.15, -0.1) is 0 Å². The van der Waals surface area contributed by atoms with Crippen molar-refractivity contribution in [3.63, 3.8) is 0 Å². The Kier molecular flexibility index (Phi) is 17.4. The van der Waals surface area contributed by atoms with Gasteiger partial charge in [0, 0.05) is 6.42 Å². The van der Waals surface area contributed by atoms with Crippen LogP contribution in [0.2, 0.25) is 0 Å². The first kappa shape index (κ1) is 27.4. The third-order valence-corrected chi connectivity index (χ3v) is 7.00. The lowest BCUT2D eigenvalue weighted by Crippen LogP contribution is -2.53. The molecule has 0 spiro atoms. The molecule has 1 heterocycles. The maximum atomic E-state index is 9.39. The van der Waals surface area contributed by atoms with Crippen LogP contribution in [0.3, 0.4) is 0 Å². The third-order valence-electron chi connectivity index (χ3n) is 7.00. The number of unbranched alkanes of at least 4 members (excludes halogenated alkanes) is 14. The number of nitrogens with zero attached hydrogens (tertiary/aromatic N) is 2. The topological polar surface area (TPSA) is 32.6 Å². The summed E-state index contributed by atoms with van der Waals surface area (Å²) in [5, 5.41) is 9.39. The number of likely N-dealkylation sites (N-methyl/N-ethyl adjacent to an activating group) is 1. The Balaban J connectivity index is 1.86. The Labute approximate surface area is 188 Å². The molecule has 0 bridgehead atoms. The molecule has 0 amide bonds. The second kappa shape index (κ2) is 19.0. The first-order valence-electron chi connectivity index (χ1n) is 13.4. The Bertz CT molecular complexity index is 435. The SMILES string of the molecule is CCCCCCCCC/C=C/CCCCCCCCCC1N=CC[N+]1(CC)CCO. The van der Waals surface area contributed by atoms with Crippen LogP contribution in [-0.2, 0) is 0 Å². The van der Waals surface area contributed by atoms with Crippen LogP contribution >= 0.6 is 0 Å². The van der Waals surface area contributed by atoms with E-state index in [4.69, 9.17) is 4.99 Å². The van der Waals surface area contributed by atoms with E-state index in [1.807, 2.05) is 0 Å². The molecule has 30 heavy (non-hydrogen) atoms. The quantitative estimate of drug-likeness (QED) is 0.117. The largest absolute Gasteiger partial charge is 0.391 e. The molecule has 0 aliphatic carbocycles. The highest BCUT2D eigenvalue weighted by Gasteiger charge is 2.36. The molecule has 1 rings (SSSR count). The highest BCUT2D eigenvalue weighted by Crippen LogP contribution is 2.24. The molecule has 3 nitrogen and oxygen atoms in total. The molecule has 0 radical (unpaired) electrons. The number of rotatable bonds is 21. The molecule has 3 heteroatoms. The molecule has 1 aliphatic rings. The van der Waals surface area contributed by atoms with Gasteiger partial charge in [-0.05, 0) is 39.0 Å². The van der Waals surface area contributed by atoms with Gasteiger partial charge in [-0.25, -0.2) is 4.99 Å². The molecule has 176 valence electrons. The number of aliphatic imine (C=N–C) groups is 1. The Hall–Kier alpha value is -0.670. The highest BCUT2D eigenvalue weighted by molar-refractivity contribution is 5.60. The van der Waals surface area contributed by atoms with E-state index in [9.17, 15) is 5.11 Å². The van der Waals surface area contributed by atoms with E-state index in [-0.39, 0.29) is 6.61 Å². The number of hydrogen-bond acceptors (Lipinski definition) is 2. The smallest absolute Gasteiger partial charge is 0.182 e. The lowest BCUT2D eigenvalue weighted by atomic mass is 10.1. The van der Waals surface area contributed by atoms with Gasteiger partial charge in [-0.2, -0.15) is 0 Å². The van der Waals surface area contributed by atoms with Gasteiger partial charge in [-0.3, -0.25) is 4.48 Å². The van der Waals surface area contributed by atoms with E-state index in [0.29, 0.717) is 6.17 Å². The monoisotopic (exact) mass is 421 g/mol. The molecule has 0 aromatic carbocycles. The van der Waals surface area contributed by atoms with Gasteiger partial charge in [0.1, 0.15) is 13.1 Å². The van der Waals surface area contributed by atoms with Crippen LogP contribution in [0, 0.1) is 0 Å². The molecular formula is C27H53N2O+. The first-order valence-corrected chi connectivity index (χ1v) is 13.4. The summed E-state index contributed by atoms with van der Waals surface area (Å²) in [5.41, 5.74) is 0. The number of hydrogen-bond donors (Lipinski definition) is 1. The van der Waals surface area contributed by atoms with E-state index >= 15 is 0 Å². The van der Waals surface area contributed by atoms with Gasteiger partial charge in [-0.1, -0.05) is 89.7 Å². The predicted octanol–water partition coefficient (Wildman–Crippen LogP) is 7.43. The Morgan fingerprint density at radius 3 is 1.87 bits per heavy atom. The minimum atomic E-state index is 0.280. The fourth-order valence-electron chi connectivity index (χ4n) is 4.81. The standard InChI is InChI=1S/C27H53N2O/c1-3-5-6-7-8-9-10-11-12-13-14-15-16-17-18-19-20-21-22-27-28-23-24-29(27,4-2)25-26-30/h12-13,23,27,30H,3-11,14-22,24-26H2,1-2H3/q+1/b13-12+. The lowest BCUT2D eigenvalue weighted by Gasteiger charge is -2.37. The summed E-state index contributed by atoms with van der Waals surface area (Å²) in [6.45, 7) is 7.75. The van der Waals surface area contributed by atoms with Crippen molar-refractivity contribution < 1.29 is 9.59 Å². The maximum absolute atomic E-state index is 9.39. The molecule has 1 N–H and O–H groups in total. The second-order valence-corrected chi connectivity index (χ2v) is 9.41. The Morgan fingerprint density at radius 2 is 1.33 bits per heavy atom. The van der Waals surface area contributed by atoms with Gasteiger partial charge in [0.25, 0.3) is 0 Å². The fraction of sp³-hybridized carbons (Fsp3) is 0.889. The van der Waals surface area contributed by atoms with Crippen LogP contribution in [-0.4, -0.2) is 48.2 Å². The van der Waals surface area contributed by atoms with E-state index in [1.165, 1.54) is 109 Å².